The van der Waals surface area contributed by atoms with Crippen molar-refractivity contribution in [3.8, 4) is 0 Å². The van der Waals surface area contributed by atoms with Gasteiger partial charge in [-0.05, 0) is 31.9 Å². The van der Waals surface area contributed by atoms with Crippen LogP contribution in [0.15, 0.2) is 12.1 Å². The first-order valence-electron chi connectivity index (χ1n) is 5.71. The number of hydrazine groups is 1. The van der Waals surface area contributed by atoms with Gasteiger partial charge in [0.25, 0.3) is 0 Å². The van der Waals surface area contributed by atoms with Gasteiger partial charge in [0.2, 0.25) is 0 Å². The van der Waals surface area contributed by atoms with Gasteiger partial charge in [0.15, 0.2) is 0 Å². The molecule has 2 rings (SSSR count). The fraction of sp³-hybridized carbons (Fsp3) is 0.308. The maximum Gasteiger partial charge on any atom is 0.433 e. The third-order valence-electron chi connectivity index (χ3n) is 3.20. The third-order valence-corrected chi connectivity index (χ3v) is 3.20. The summed E-state index contributed by atoms with van der Waals surface area (Å²) in [5.74, 6) is 5.40. The molecule has 1 aromatic carbocycles. The van der Waals surface area contributed by atoms with Gasteiger partial charge in [-0.25, -0.2) is 4.98 Å². The fourth-order valence-corrected chi connectivity index (χ4v) is 2.21. The molecule has 0 atom stereocenters. The van der Waals surface area contributed by atoms with E-state index >= 15 is 0 Å². The first kappa shape index (κ1) is 13.6. The van der Waals surface area contributed by atoms with Crippen LogP contribution in [0.5, 0.6) is 0 Å². The van der Waals surface area contributed by atoms with Crippen molar-refractivity contribution in [3.05, 3.63) is 34.5 Å². The second kappa shape index (κ2) is 4.38. The van der Waals surface area contributed by atoms with Crippen LogP contribution >= 0.6 is 0 Å². The van der Waals surface area contributed by atoms with Crippen molar-refractivity contribution in [3.63, 3.8) is 0 Å². The van der Waals surface area contributed by atoms with E-state index in [0.29, 0.717) is 16.5 Å². The molecule has 0 aliphatic carbocycles. The Bertz CT molecular complexity index is 648. The van der Waals surface area contributed by atoms with E-state index < -0.39 is 11.9 Å². The monoisotopic (exact) mass is 269 g/mol. The number of nitrogens with zero attached hydrogens (tertiary/aromatic N) is 1. The summed E-state index contributed by atoms with van der Waals surface area (Å²) >= 11 is 0. The van der Waals surface area contributed by atoms with E-state index in [1.807, 2.05) is 13.0 Å². The van der Waals surface area contributed by atoms with E-state index in [1.165, 1.54) is 6.92 Å². The third kappa shape index (κ3) is 2.12. The maximum atomic E-state index is 13.0. The molecule has 0 unspecified atom stereocenters. The number of nitrogens with two attached hydrogens (primary N) is 1. The van der Waals surface area contributed by atoms with Gasteiger partial charge < -0.3 is 5.43 Å². The molecule has 0 fully saturated rings. The number of alkyl halides is 3. The average molecular weight is 269 g/mol. The molecule has 102 valence electrons. The van der Waals surface area contributed by atoms with Gasteiger partial charge in [-0.15, -0.1) is 0 Å². The van der Waals surface area contributed by atoms with Crippen LogP contribution in [0.1, 0.15) is 22.4 Å². The summed E-state index contributed by atoms with van der Waals surface area (Å²) < 4.78 is 39.0. The first-order valence-corrected chi connectivity index (χ1v) is 5.71. The van der Waals surface area contributed by atoms with E-state index in [4.69, 9.17) is 5.84 Å². The largest absolute Gasteiger partial charge is 0.433 e. The minimum Gasteiger partial charge on any atom is -0.323 e. The topological polar surface area (TPSA) is 50.9 Å². The van der Waals surface area contributed by atoms with E-state index in [-0.39, 0.29) is 11.3 Å². The number of nitrogens with one attached hydrogen (secondary N) is 1. The fourth-order valence-electron chi connectivity index (χ4n) is 2.21. The van der Waals surface area contributed by atoms with Crippen LogP contribution < -0.4 is 11.3 Å². The second-order valence-corrected chi connectivity index (χ2v) is 4.53. The number of benzene rings is 1. The zero-order valence-corrected chi connectivity index (χ0v) is 10.8. The van der Waals surface area contributed by atoms with E-state index in [1.54, 1.807) is 13.0 Å². The van der Waals surface area contributed by atoms with Crippen molar-refractivity contribution < 1.29 is 13.2 Å². The van der Waals surface area contributed by atoms with Gasteiger partial charge >= 0.3 is 6.18 Å². The normalized spacial score (nSPS) is 11.9. The Morgan fingerprint density at radius 2 is 1.68 bits per heavy atom. The maximum absolute atomic E-state index is 13.0. The van der Waals surface area contributed by atoms with E-state index in [0.717, 1.165) is 5.56 Å². The number of fused-ring (bicyclic) bond motifs is 1. The van der Waals surface area contributed by atoms with Gasteiger partial charge in [0, 0.05) is 10.9 Å². The van der Waals surface area contributed by atoms with Gasteiger partial charge in [-0.3, -0.25) is 5.84 Å². The predicted octanol–water partition coefficient (Wildman–Crippen LogP) is 3.46. The van der Waals surface area contributed by atoms with Crippen molar-refractivity contribution in [2.24, 2.45) is 5.84 Å². The molecule has 19 heavy (non-hydrogen) atoms. The lowest BCUT2D eigenvalue weighted by atomic mass is 10.00. The quantitative estimate of drug-likeness (QED) is 0.615. The van der Waals surface area contributed by atoms with Crippen LogP contribution in [0.25, 0.3) is 10.9 Å². The van der Waals surface area contributed by atoms with Gasteiger partial charge in [-0.2, -0.15) is 13.2 Å². The number of nitrogen functional groups attached to an aromatic ring is 1. The molecule has 0 bridgehead atoms. The number of pyridine rings is 1. The number of hydrogen-bond donors (Lipinski definition) is 2. The van der Waals surface area contributed by atoms with Crippen molar-refractivity contribution >= 4 is 16.6 Å². The molecular weight excluding hydrogens is 255 g/mol. The SMILES string of the molecule is Cc1c(C(F)(F)F)nc2c(C)ccc(C)c2c1NN. The first-order chi connectivity index (χ1) is 8.77. The molecule has 0 amide bonds. The summed E-state index contributed by atoms with van der Waals surface area (Å²) in [7, 11) is 0. The molecule has 3 N–H and O–H groups in total. The van der Waals surface area contributed by atoms with E-state index in [2.05, 4.69) is 10.4 Å². The average Bonchev–Trinajstić information content (AvgIpc) is 2.32. The lowest BCUT2D eigenvalue weighted by Gasteiger charge is -2.17. The molecular formula is C13H14F3N3. The lowest BCUT2D eigenvalue weighted by molar-refractivity contribution is -0.141. The van der Waals surface area contributed by atoms with Crippen LogP contribution in [0, 0.1) is 20.8 Å². The van der Waals surface area contributed by atoms with Crippen LogP contribution in [-0.4, -0.2) is 4.98 Å². The number of aryl methyl sites for hydroxylation is 2. The Kier molecular flexibility index (Phi) is 3.14. The molecule has 6 heteroatoms. The molecule has 0 spiro atoms. The number of hydrogen-bond acceptors (Lipinski definition) is 3. The molecule has 2 aromatic rings. The Hall–Kier alpha value is -1.82. The summed E-state index contributed by atoms with van der Waals surface area (Å²) in [4.78, 5) is 3.79. The number of halogens is 3. The van der Waals surface area contributed by atoms with Crippen molar-refractivity contribution in [1.29, 1.82) is 0 Å². The summed E-state index contributed by atoms with van der Waals surface area (Å²) in [5.41, 5.74) is 3.60. The number of anilines is 1. The second-order valence-electron chi connectivity index (χ2n) is 4.53. The van der Waals surface area contributed by atoms with Gasteiger partial charge in [-0.1, -0.05) is 12.1 Å². The summed E-state index contributed by atoms with van der Waals surface area (Å²) in [6.07, 6.45) is -4.50. The Labute approximate surface area is 108 Å². The minimum absolute atomic E-state index is 0.0104. The highest BCUT2D eigenvalue weighted by atomic mass is 19.4. The molecule has 0 saturated carbocycles. The highest BCUT2D eigenvalue weighted by Gasteiger charge is 2.36. The Balaban J connectivity index is 2.99. The zero-order chi connectivity index (χ0) is 14.4. The van der Waals surface area contributed by atoms with Gasteiger partial charge in [0.05, 0.1) is 11.2 Å². The smallest absolute Gasteiger partial charge is 0.323 e. The lowest BCUT2D eigenvalue weighted by Crippen LogP contribution is -2.16. The highest BCUT2D eigenvalue weighted by Crippen LogP contribution is 2.38. The molecule has 0 aliphatic rings. The number of aromatic nitrogens is 1. The van der Waals surface area contributed by atoms with Crippen LogP contribution in [-0.2, 0) is 6.18 Å². The summed E-state index contributed by atoms with van der Waals surface area (Å²) in [5, 5.41) is 0.632. The molecule has 0 saturated heterocycles. The van der Waals surface area contributed by atoms with Gasteiger partial charge in [0.1, 0.15) is 5.69 Å². The molecule has 0 aliphatic heterocycles. The van der Waals surface area contributed by atoms with Crippen molar-refractivity contribution in [2.45, 2.75) is 26.9 Å². The Morgan fingerprint density at radius 1 is 1.11 bits per heavy atom. The molecule has 1 heterocycles. The predicted molar refractivity (Wildman–Crippen MR) is 68.8 cm³/mol. The standard InChI is InChI=1S/C13H14F3N3/c1-6-4-5-7(2)10-9(6)11(19-17)8(3)12(18-10)13(14,15)16/h4-5H,17H2,1-3H3,(H,18,19). The molecule has 0 radical (unpaired) electrons. The van der Waals surface area contributed by atoms with Crippen LogP contribution in [0.3, 0.4) is 0 Å². The molecule has 3 nitrogen and oxygen atoms in total. The zero-order valence-electron chi connectivity index (χ0n) is 10.8. The van der Waals surface area contributed by atoms with Crippen LogP contribution in [0.4, 0.5) is 18.9 Å². The molecule has 1 aromatic heterocycles. The summed E-state index contributed by atoms with van der Waals surface area (Å²) in [6, 6.07) is 3.59. The van der Waals surface area contributed by atoms with Crippen LogP contribution in [0.2, 0.25) is 0 Å². The number of rotatable bonds is 1. The highest BCUT2D eigenvalue weighted by molar-refractivity contribution is 5.97. The van der Waals surface area contributed by atoms with E-state index in [9.17, 15) is 13.2 Å². The van der Waals surface area contributed by atoms with Crippen molar-refractivity contribution in [1.82, 2.24) is 4.98 Å². The minimum atomic E-state index is -4.50. The Morgan fingerprint density at radius 3 is 2.21 bits per heavy atom. The summed E-state index contributed by atoms with van der Waals surface area (Å²) in [6.45, 7) is 4.91. The van der Waals surface area contributed by atoms with Crippen molar-refractivity contribution in [2.75, 3.05) is 5.43 Å².